The number of fused-ring (bicyclic) bond motifs is 1. The van der Waals surface area contributed by atoms with Crippen LogP contribution in [0.5, 0.6) is 0 Å². The van der Waals surface area contributed by atoms with Crippen LogP contribution in [0.1, 0.15) is 31.4 Å². The molecule has 1 aromatic heterocycles. The highest BCUT2D eigenvalue weighted by molar-refractivity contribution is 7.89. The molecule has 3 rings (SSSR count). The summed E-state index contributed by atoms with van der Waals surface area (Å²) >= 11 is 0. The molecule has 0 aliphatic carbocycles. The Labute approximate surface area is 113 Å². The zero-order valence-electron chi connectivity index (χ0n) is 11.1. The molecule has 2 saturated heterocycles. The van der Waals surface area contributed by atoms with Gasteiger partial charge in [-0.1, -0.05) is 0 Å². The first-order chi connectivity index (χ1) is 9.06. The van der Waals surface area contributed by atoms with Gasteiger partial charge in [0.2, 0.25) is 10.0 Å². The zero-order chi connectivity index (χ0) is 13.5. The fourth-order valence-corrected chi connectivity index (χ4v) is 4.64. The van der Waals surface area contributed by atoms with Crippen molar-refractivity contribution < 1.29 is 8.42 Å². The van der Waals surface area contributed by atoms with Crippen molar-refractivity contribution in [1.29, 1.82) is 0 Å². The zero-order valence-corrected chi connectivity index (χ0v) is 11.9. The number of piperidine rings is 1. The van der Waals surface area contributed by atoms with Crippen LogP contribution in [-0.2, 0) is 10.0 Å². The summed E-state index contributed by atoms with van der Waals surface area (Å²) in [4.78, 5) is 2.75. The van der Waals surface area contributed by atoms with Gasteiger partial charge in [-0.15, -0.1) is 0 Å². The summed E-state index contributed by atoms with van der Waals surface area (Å²) in [5.74, 6) is 0. The predicted molar refractivity (Wildman–Crippen MR) is 71.3 cm³/mol. The molecule has 3 heterocycles. The van der Waals surface area contributed by atoms with Gasteiger partial charge in [0, 0.05) is 12.1 Å². The summed E-state index contributed by atoms with van der Waals surface area (Å²) < 4.78 is 27.4. The standard InChI is InChI=1S/C12H20N4O2S/c1-9-12(8-13-14-9)19(17,18)15-10-4-6-16-5-2-3-11(16)7-10/h8,10-11,15H,2-7H2,1H3,(H,13,14). The Morgan fingerprint density at radius 2 is 2.26 bits per heavy atom. The molecule has 106 valence electrons. The smallest absolute Gasteiger partial charge is 0.244 e. The highest BCUT2D eigenvalue weighted by Crippen LogP contribution is 2.27. The topological polar surface area (TPSA) is 78.1 Å². The number of H-pyrrole nitrogens is 1. The Bertz CT molecular complexity index is 554. The van der Waals surface area contributed by atoms with Gasteiger partial charge in [-0.2, -0.15) is 5.10 Å². The summed E-state index contributed by atoms with van der Waals surface area (Å²) in [6.45, 7) is 3.90. The van der Waals surface area contributed by atoms with Crippen molar-refractivity contribution in [2.75, 3.05) is 13.1 Å². The summed E-state index contributed by atoms with van der Waals surface area (Å²) in [7, 11) is -3.44. The van der Waals surface area contributed by atoms with Crippen LogP contribution in [0.2, 0.25) is 0 Å². The van der Waals surface area contributed by atoms with Crippen LogP contribution in [0.4, 0.5) is 0 Å². The molecule has 2 unspecified atom stereocenters. The average molecular weight is 284 g/mol. The number of sulfonamides is 1. The third kappa shape index (κ3) is 2.54. The van der Waals surface area contributed by atoms with E-state index in [0.29, 0.717) is 11.7 Å². The molecule has 0 radical (unpaired) electrons. The molecule has 2 aliphatic heterocycles. The molecule has 0 saturated carbocycles. The van der Waals surface area contributed by atoms with E-state index >= 15 is 0 Å². The Hall–Kier alpha value is -0.920. The van der Waals surface area contributed by atoms with Crippen molar-refractivity contribution in [2.45, 2.75) is 49.6 Å². The number of hydrogen-bond donors (Lipinski definition) is 2. The quantitative estimate of drug-likeness (QED) is 0.853. The highest BCUT2D eigenvalue weighted by atomic mass is 32.2. The van der Waals surface area contributed by atoms with Gasteiger partial charge in [-0.3, -0.25) is 5.10 Å². The Morgan fingerprint density at radius 1 is 1.42 bits per heavy atom. The number of aryl methyl sites for hydroxylation is 1. The minimum absolute atomic E-state index is 0.0543. The van der Waals surface area contributed by atoms with Gasteiger partial charge in [0.25, 0.3) is 0 Å². The molecule has 0 amide bonds. The molecule has 6 nitrogen and oxygen atoms in total. The van der Waals surface area contributed by atoms with Gasteiger partial charge >= 0.3 is 0 Å². The Balaban J connectivity index is 1.70. The van der Waals surface area contributed by atoms with Crippen LogP contribution in [0.3, 0.4) is 0 Å². The van der Waals surface area contributed by atoms with Crippen LogP contribution in [0.15, 0.2) is 11.1 Å². The van der Waals surface area contributed by atoms with Crippen molar-refractivity contribution in [3.63, 3.8) is 0 Å². The molecule has 7 heteroatoms. The normalized spacial score (nSPS) is 28.5. The van der Waals surface area contributed by atoms with Crippen molar-refractivity contribution in [3.8, 4) is 0 Å². The maximum Gasteiger partial charge on any atom is 0.244 e. The van der Waals surface area contributed by atoms with E-state index in [1.807, 2.05) is 0 Å². The van der Waals surface area contributed by atoms with Crippen LogP contribution < -0.4 is 4.72 Å². The second-order valence-corrected chi connectivity index (χ2v) is 7.22. The molecule has 2 aliphatic rings. The average Bonchev–Trinajstić information content (AvgIpc) is 2.96. The first-order valence-electron chi connectivity index (χ1n) is 6.82. The van der Waals surface area contributed by atoms with Crippen molar-refractivity contribution in [2.24, 2.45) is 0 Å². The molecule has 0 spiro atoms. The summed E-state index contributed by atoms with van der Waals surface area (Å²) in [5, 5.41) is 6.45. The maximum atomic E-state index is 12.3. The summed E-state index contributed by atoms with van der Waals surface area (Å²) in [6.07, 6.45) is 5.64. The van der Waals surface area contributed by atoms with Crippen molar-refractivity contribution in [3.05, 3.63) is 11.9 Å². The van der Waals surface area contributed by atoms with Crippen LogP contribution >= 0.6 is 0 Å². The number of hydrogen-bond acceptors (Lipinski definition) is 4. The lowest BCUT2D eigenvalue weighted by molar-refractivity contribution is 0.176. The number of nitrogens with zero attached hydrogens (tertiary/aromatic N) is 2. The number of nitrogens with one attached hydrogen (secondary N) is 2. The molecule has 0 bridgehead atoms. The van der Waals surface area contributed by atoms with E-state index in [4.69, 9.17) is 0 Å². The van der Waals surface area contributed by atoms with Crippen molar-refractivity contribution >= 4 is 10.0 Å². The van der Waals surface area contributed by atoms with Gasteiger partial charge in [0.15, 0.2) is 0 Å². The second kappa shape index (κ2) is 4.88. The Morgan fingerprint density at radius 3 is 3.00 bits per heavy atom. The first kappa shape index (κ1) is 13.1. The molecule has 19 heavy (non-hydrogen) atoms. The minimum atomic E-state index is -3.44. The van der Waals surface area contributed by atoms with E-state index < -0.39 is 10.0 Å². The fraction of sp³-hybridized carbons (Fsp3) is 0.750. The van der Waals surface area contributed by atoms with E-state index in [9.17, 15) is 8.42 Å². The molecule has 1 aromatic rings. The van der Waals surface area contributed by atoms with Gasteiger partial charge in [0.1, 0.15) is 4.90 Å². The van der Waals surface area contributed by atoms with E-state index in [1.54, 1.807) is 6.92 Å². The third-order valence-electron chi connectivity index (χ3n) is 4.22. The number of aromatic nitrogens is 2. The second-order valence-electron chi connectivity index (χ2n) is 5.53. The third-order valence-corrected chi connectivity index (χ3v) is 5.85. The van der Waals surface area contributed by atoms with E-state index in [1.165, 1.54) is 25.6 Å². The minimum Gasteiger partial charge on any atom is -0.300 e. The number of aromatic amines is 1. The highest BCUT2D eigenvalue weighted by Gasteiger charge is 2.34. The van der Waals surface area contributed by atoms with E-state index in [2.05, 4.69) is 19.8 Å². The lowest BCUT2D eigenvalue weighted by atomic mass is 9.99. The SMILES string of the molecule is Cc1[nH]ncc1S(=O)(=O)NC1CCN2CCCC2C1. The number of rotatable bonds is 3. The maximum absolute atomic E-state index is 12.3. The molecule has 2 fully saturated rings. The molecule has 2 atom stereocenters. The molecule has 0 aromatic carbocycles. The molecular weight excluding hydrogens is 264 g/mol. The lowest BCUT2D eigenvalue weighted by Crippen LogP contribution is -2.47. The summed E-state index contributed by atoms with van der Waals surface area (Å²) in [5.41, 5.74) is 0.589. The van der Waals surface area contributed by atoms with Gasteiger partial charge in [-0.05, 0) is 45.7 Å². The molecular formula is C12H20N4O2S. The van der Waals surface area contributed by atoms with Crippen LogP contribution in [0.25, 0.3) is 0 Å². The first-order valence-corrected chi connectivity index (χ1v) is 8.31. The van der Waals surface area contributed by atoms with Gasteiger partial charge < -0.3 is 4.90 Å². The van der Waals surface area contributed by atoms with E-state index in [0.717, 1.165) is 19.4 Å². The van der Waals surface area contributed by atoms with Gasteiger partial charge in [-0.25, -0.2) is 13.1 Å². The van der Waals surface area contributed by atoms with Crippen molar-refractivity contribution in [1.82, 2.24) is 19.8 Å². The van der Waals surface area contributed by atoms with Crippen LogP contribution in [-0.4, -0.2) is 48.7 Å². The van der Waals surface area contributed by atoms with E-state index in [-0.39, 0.29) is 10.9 Å². The predicted octanol–water partition coefficient (Wildman–Crippen LogP) is 0.623. The monoisotopic (exact) mass is 284 g/mol. The summed E-state index contributed by atoms with van der Waals surface area (Å²) in [6, 6.07) is 0.616. The molecule has 2 N–H and O–H groups in total. The van der Waals surface area contributed by atoms with Gasteiger partial charge in [0.05, 0.1) is 11.9 Å². The Kier molecular flexibility index (Phi) is 3.36. The lowest BCUT2D eigenvalue weighted by Gasteiger charge is -2.34. The van der Waals surface area contributed by atoms with Crippen LogP contribution in [0, 0.1) is 6.92 Å². The largest absolute Gasteiger partial charge is 0.300 e. The fourth-order valence-electron chi connectivity index (χ4n) is 3.22.